The zero-order valence-electron chi connectivity index (χ0n) is 17.8. The number of nitrogens with zero attached hydrogens (tertiary/aromatic N) is 3. The third-order valence-corrected chi connectivity index (χ3v) is 5.92. The molecular formula is C23H31N3O4. The van der Waals surface area contributed by atoms with Gasteiger partial charge in [-0.05, 0) is 43.4 Å². The molecule has 30 heavy (non-hydrogen) atoms. The molecule has 3 rings (SSSR count). The molecule has 2 aliphatic rings. The van der Waals surface area contributed by atoms with E-state index in [4.69, 9.17) is 0 Å². The fourth-order valence-corrected chi connectivity index (χ4v) is 4.24. The van der Waals surface area contributed by atoms with Gasteiger partial charge in [0.25, 0.3) is 17.5 Å². The third-order valence-electron chi connectivity index (χ3n) is 5.92. The smallest absolute Gasteiger partial charge is 0.277 e. The molecule has 0 aromatic heterocycles. The quantitative estimate of drug-likeness (QED) is 0.244. The molecule has 1 aromatic carbocycles. The van der Waals surface area contributed by atoms with Gasteiger partial charge in [0.15, 0.2) is 0 Å². The number of nitro groups is 1. The van der Waals surface area contributed by atoms with Gasteiger partial charge in [0.2, 0.25) is 0 Å². The minimum absolute atomic E-state index is 0.0282. The predicted octanol–water partition coefficient (Wildman–Crippen LogP) is 4.52. The Kier molecular flexibility index (Phi) is 7.60. The van der Waals surface area contributed by atoms with Gasteiger partial charge in [0.1, 0.15) is 5.70 Å². The van der Waals surface area contributed by atoms with E-state index in [9.17, 15) is 19.7 Å². The van der Waals surface area contributed by atoms with E-state index in [0.717, 1.165) is 51.6 Å². The van der Waals surface area contributed by atoms with Gasteiger partial charge < -0.3 is 4.90 Å². The van der Waals surface area contributed by atoms with Crippen molar-refractivity contribution in [3.8, 4) is 0 Å². The van der Waals surface area contributed by atoms with Crippen LogP contribution in [-0.4, -0.2) is 46.2 Å². The van der Waals surface area contributed by atoms with Crippen LogP contribution in [0.4, 0.5) is 5.69 Å². The standard InChI is InChI=1S/C23H31N3O4/c1-2-3-4-5-6-10-17-25-22(27)20(18-11-13-19(14-12-18)26(29)30)21(23(25)28)24-15-8-7-9-16-24/h11-14H,2-10,15-17H2,1H3. The Bertz CT molecular complexity index is 810. The van der Waals surface area contributed by atoms with Crippen LogP contribution in [0.25, 0.3) is 5.57 Å². The van der Waals surface area contributed by atoms with Crippen LogP contribution in [0.5, 0.6) is 0 Å². The molecule has 0 atom stereocenters. The summed E-state index contributed by atoms with van der Waals surface area (Å²) in [7, 11) is 0. The van der Waals surface area contributed by atoms with Crippen molar-refractivity contribution in [2.75, 3.05) is 19.6 Å². The fraction of sp³-hybridized carbons (Fsp3) is 0.565. The second-order valence-corrected chi connectivity index (χ2v) is 8.11. The zero-order valence-corrected chi connectivity index (χ0v) is 17.8. The Labute approximate surface area is 177 Å². The molecule has 2 aliphatic heterocycles. The first-order chi connectivity index (χ1) is 14.5. The Morgan fingerprint density at radius 2 is 1.53 bits per heavy atom. The number of non-ortho nitro benzene ring substituents is 1. The average molecular weight is 414 g/mol. The monoisotopic (exact) mass is 413 g/mol. The predicted molar refractivity (Wildman–Crippen MR) is 116 cm³/mol. The molecule has 1 aromatic rings. The number of hydrogen-bond acceptors (Lipinski definition) is 5. The first-order valence-electron chi connectivity index (χ1n) is 11.1. The minimum Gasteiger partial charge on any atom is -0.366 e. The highest BCUT2D eigenvalue weighted by molar-refractivity contribution is 6.35. The minimum atomic E-state index is -0.462. The lowest BCUT2D eigenvalue weighted by molar-refractivity contribution is -0.384. The van der Waals surface area contributed by atoms with Crippen LogP contribution in [-0.2, 0) is 9.59 Å². The first kappa shape index (κ1) is 22.0. The highest BCUT2D eigenvalue weighted by atomic mass is 16.6. The second kappa shape index (κ2) is 10.4. The lowest BCUT2D eigenvalue weighted by Crippen LogP contribution is -2.37. The van der Waals surface area contributed by atoms with E-state index in [0.29, 0.717) is 23.4 Å². The Morgan fingerprint density at radius 3 is 2.17 bits per heavy atom. The van der Waals surface area contributed by atoms with Crippen molar-refractivity contribution in [3.63, 3.8) is 0 Å². The van der Waals surface area contributed by atoms with Gasteiger partial charge in [-0.25, -0.2) is 0 Å². The van der Waals surface area contributed by atoms with Crippen LogP contribution in [0.3, 0.4) is 0 Å². The largest absolute Gasteiger partial charge is 0.366 e. The average Bonchev–Trinajstić information content (AvgIpc) is 3.01. The van der Waals surface area contributed by atoms with E-state index in [-0.39, 0.29) is 17.5 Å². The van der Waals surface area contributed by atoms with E-state index in [1.54, 1.807) is 12.1 Å². The lowest BCUT2D eigenvalue weighted by Gasteiger charge is -2.29. The number of hydrogen-bond donors (Lipinski definition) is 0. The highest BCUT2D eigenvalue weighted by Crippen LogP contribution is 2.34. The second-order valence-electron chi connectivity index (χ2n) is 8.11. The summed E-state index contributed by atoms with van der Waals surface area (Å²) in [4.78, 5) is 40.4. The van der Waals surface area contributed by atoms with E-state index in [2.05, 4.69) is 6.92 Å². The number of likely N-dealkylation sites (tertiary alicyclic amines) is 1. The van der Waals surface area contributed by atoms with Crippen LogP contribution in [0, 0.1) is 10.1 Å². The molecule has 2 heterocycles. The Hall–Kier alpha value is -2.70. The van der Waals surface area contributed by atoms with Gasteiger partial charge in [-0.15, -0.1) is 0 Å². The van der Waals surface area contributed by atoms with Crippen molar-refractivity contribution >= 4 is 23.1 Å². The van der Waals surface area contributed by atoms with Crippen molar-refractivity contribution in [2.24, 2.45) is 0 Å². The molecular weight excluding hydrogens is 382 g/mol. The molecule has 0 spiro atoms. The van der Waals surface area contributed by atoms with Crippen molar-refractivity contribution in [2.45, 2.75) is 64.7 Å². The summed E-state index contributed by atoms with van der Waals surface area (Å²) in [6, 6.07) is 5.95. The van der Waals surface area contributed by atoms with Gasteiger partial charge in [-0.1, -0.05) is 39.0 Å². The third kappa shape index (κ3) is 4.89. The summed E-state index contributed by atoms with van der Waals surface area (Å²) < 4.78 is 0. The van der Waals surface area contributed by atoms with E-state index < -0.39 is 4.92 Å². The van der Waals surface area contributed by atoms with Crippen molar-refractivity contribution in [3.05, 3.63) is 45.6 Å². The first-order valence-corrected chi connectivity index (χ1v) is 11.1. The van der Waals surface area contributed by atoms with E-state index in [1.807, 2.05) is 4.90 Å². The van der Waals surface area contributed by atoms with Crippen molar-refractivity contribution < 1.29 is 14.5 Å². The number of amides is 2. The number of unbranched alkanes of at least 4 members (excludes halogenated alkanes) is 5. The summed E-state index contributed by atoms with van der Waals surface area (Å²) in [5, 5.41) is 11.0. The number of rotatable bonds is 10. The Morgan fingerprint density at radius 1 is 0.900 bits per heavy atom. The summed E-state index contributed by atoms with van der Waals surface area (Å²) in [6.07, 6.45) is 9.63. The topological polar surface area (TPSA) is 83.8 Å². The number of imide groups is 1. The van der Waals surface area contributed by atoms with Crippen LogP contribution in [0.1, 0.15) is 70.3 Å². The van der Waals surface area contributed by atoms with Crippen LogP contribution in [0.15, 0.2) is 30.0 Å². The summed E-state index contributed by atoms with van der Waals surface area (Å²) >= 11 is 0. The molecule has 2 amide bonds. The van der Waals surface area contributed by atoms with Crippen LogP contribution >= 0.6 is 0 Å². The number of carbonyl (C=O) groups is 2. The number of benzene rings is 1. The van der Waals surface area contributed by atoms with Gasteiger partial charge in [-0.3, -0.25) is 24.6 Å². The van der Waals surface area contributed by atoms with E-state index in [1.165, 1.54) is 36.3 Å². The molecule has 7 nitrogen and oxygen atoms in total. The van der Waals surface area contributed by atoms with Gasteiger partial charge in [-0.2, -0.15) is 0 Å². The van der Waals surface area contributed by atoms with Gasteiger partial charge >= 0.3 is 0 Å². The zero-order chi connectivity index (χ0) is 21.5. The van der Waals surface area contributed by atoms with Crippen LogP contribution in [0.2, 0.25) is 0 Å². The normalized spacial score (nSPS) is 17.2. The molecule has 1 saturated heterocycles. The lowest BCUT2D eigenvalue weighted by atomic mass is 10.0. The van der Waals surface area contributed by atoms with Gasteiger partial charge in [0, 0.05) is 31.8 Å². The molecule has 0 bridgehead atoms. The molecule has 0 aliphatic carbocycles. The number of piperidine rings is 1. The maximum absolute atomic E-state index is 13.2. The van der Waals surface area contributed by atoms with Gasteiger partial charge in [0.05, 0.1) is 10.5 Å². The molecule has 1 fully saturated rings. The Balaban J connectivity index is 1.81. The molecule has 0 radical (unpaired) electrons. The van der Waals surface area contributed by atoms with Crippen LogP contribution < -0.4 is 0 Å². The highest BCUT2D eigenvalue weighted by Gasteiger charge is 2.41. The number of nitro benzene ring substituents is 1. The number of carbonyl (C=O) groups excluding carboxylic acids is 2. The van der Waals surface area contributed by atoms with E-state index >= 15 is 0 Å². The van der Waals surface area contributed by atoms with Crippen molar-refractivity contribution in [1.82, 2.24) is 9.80 Å². The molecule has 0 unspecified atom stereocenters. The molecule has 0 saturated carbocycles. The summed E-state index contributed by atoms with van der Waals surface area (Å²) in [5.41, 5.74) is 1.41. The maximum Gasteiger partial charge on any atom is 0.277 e. The summed E-state index contributed by atoms with van der Waals surface area (Å²) in [5.74, 6) is -0.494. The SMILES string of the molecule is CCCCCCCCN1C(=O)C(c2ccc([N+](=O)[O-])cc2)=C(N2CCCCC2)C1=O. The van der Waals surface area contributed by atoms with Crippen molar-refractivity contribution in [1.29, 1.82) is 0 Å². The maximum atomic E-state index is 13.2. The molecule has 162 valence electrons. The fourth-order valence-electron chi connectivity index (χ4n) is 4.24. The molecule has 0 N–H and O–H groups in total. The summed E-state index contributed by atoms with van der Waals surface area (Å²) in [6.45, 7) is 4.12. The molecule has 7 heteroatoms.